The summed E-state index contributed by atoms with van der Waals surface area (Å²) in [6.07, 6.45) is -0.712. The molecule has 0 spiro atoms. The summed E-state index contributed by atoms with van der Waals surface area (Å²) in [6, 6.07) is 15.4. The highest BCUT2D eigenvalue weighted by Crippen LogP contribution is 2.14. The van der Waals surface area contributed by atoms with Crippen LogP contribution in [0.15, 0.2) is 54.6 Å². The average Bonchev–Trinajstić information content (AvgIpc) is 2.72. The first-order chi connectivity index (χ1) is 13.5. The molecule has 7 nitrogen and oxygen atoms in total. The number of carbonyl (C=O) groups excluding carboxylic acids is 2. The Labute approximate surface area is 163 Å². The molecule has 3 rings (SSSR count). The number of morpholine rings is 1. The maximum absolute atomic E-state index is 12.5. The number of ether oxygens (including phenoxy) is 2. The second kappa shape index (κ2) is 9.23. The fourth-order valence-corrected chi connectivity index (χ4v) is 2.92. The predicted molar refractivity (Wildman–Crippen MR) is 103 cm³/mol. The van der Waals surface area contributed by atoms with Crippen molar-refractivity contribution in [3.05, 3.63) is 65.7 Å². The van der Waals surface area contributed by atoms with Gasteiger partial charge in [0, 0.05) is 12.1 Å². The highest BCUT2D eigenvalue weighted by Gasteiger charge is 2.31. The fourth-order valence-electron chi connectivity index (χ4n) is 2.92. The smallest absolute Gasteiger partial charge is 0.410 e. The van der Waals surface area contributed by atoms with Gasteiger partial charge in [-0.1, -0.05) is 30.3 Å². The molecular formula is C21H24N2O5. The van der Waals surface area contributed by atoms with Crippen LogP contribution in [0.4, 0.5) is 4.79 Å². The van der Waals surface area contributed by atoms with Crippen molar-refractivity contribution < 1.29 is 24.2 Å². The van der Waals surface area contributed by atoms with Crippen molar-refractivity contribution >= 4 is 12.0 Å². The molecule has 0 radical (unpaired) electrons. The van der Waals surface area contributed by atoms with Crippen LogP contribution in [0.1, 0.15) is 22.8 Å². The first kappa shape index (κ1) is 19.7. The van der Waals surface area contributed by atoms with Gasteiger partial charge in [0.25, 0.3) is 5.91 Å². The Morgan fingerprint density at radius 2 is 1.89 bits per heavy atom. The Bertz CT molecular complexity index is 794. The van der Waals surface area contributed by atoms with Gasteiger partial charge in [-0.05, 0) is 36.8 Å². The van der Waals surface area contributed by atoms with Gasteiger partial charge in [0.1, 0.15) is 12.4 Å². The lowest BCUT2D eigenvalue weighted by atomic mass is 10.2. The van der Waals surface area contributed by atoms with Crippen LogP contribution in [0.3, 0.4) is 0 Å². The van der Waals surface area contributed by atoms with Crippen LogP contribution in [-0.4, -0.2) is 53.8 Å². The molecule has 0 saturated carbocycles. The predicted octanol–water partition coefficient (Wildman–Crippen LogP) is 2.55. The van der Waals surface area contributed by atoms with Gasteiger partial charge >= 0.3 is 6.09 Å². The Morgan fingerprint density at radius 3 is 2.61 bits per heavy atom. The van der Waals surface area contributed by atoms with Gasteiger partial charge in [0.05, 0.1) is 25.3 Å². The molecule has 148 valence electrons. The number of phenolic OH excluding ortho intramolecular Hbond substituents is 1. The molecule has 1 saturated heterocycles. The van der Waals surface area contributed by atoms with Gasteiger partial charge in [-0.3, -0.25) is 4.79 Å². The van der Waals surface area contributed by atoms with Gasteiger partial charge in [-0.2, -0.15) is 0 Å². The number of carbonyl (C=O) groups is 2. The summed E-state index contributed by atoms with van der Waals surface area (Å²) in [5, 5.41) is 12.1. The molecule has 0 aromatic heterocycles. The molecule has 1 aliphatic rings. The quantitative estimate of drug-likeness (QED) is 0.827. The van der Waals surface area contributed by atoms with Gasteiger partial charge in [0.15, 0.2) is 0 Å². The number of nitrogens with one attached hydrogen (secondary N) is 1. The van der Waals surface area contributed by atoms with Crippen molar-refractivity contribution in [2.45, 2.75) is 25.7 Å². The van der Waals surface area contributed by atoms with Gasteiger partial charge in [0.2, 0.25) is 0 Å². The number of hydrogen-bond acceptors (Lipinski definition) is 5. The van der Waals surface area contributed by atoms with E-state index >= 15 is 0 Å². The lowest BCUT2D eigenvalue weighted by Gasteiger charge is -2.37. The minimum Gasteiger partial charge on any atom is -0.508 e. The van der Waals surface area contributed by atoms with Crippen molar-refractivity contribution in [1.82, 2.24) is 10.2 Å². The van der Waals surface area contributed by atoms with E-state index in [0.717, 1.165) is 5.56 Å². The van der Waals surface area contributed by atoms with E-state index in [0.29, 0.717) is 18.7 Å². The number of nitrogens with zero attached hydrogens (tertiary/aromatic N) is 1. The number of hydrogen-bond donors (Lipinski definition) is 2. The topological polar surface area (TPSA) is 88.1 Å². The molecule has 0 bridgehead atoms. The average molecular weight is 384 g/mol. The maximum Gasteiger partial charge on any atom is 0.410 e. The lowest BCUT2D eigenvalue weighted by Crippen LogP contribution is -2.53. The summed E-state index contributed by atoms with van der Waals surface area (Å²) in [5.74, 6) is -0.161. The first-order valence-corrected chi connectivity index (χ1v) is 9.19. The van der Waals surface area contributed by atoms with E-state index in [4.69, 9.17) is 9.47 Å². The van der Waals surface area contributed by atoms with Crippen LogP contribution >= 0.6 is 0 Å². The van der Waals surface area contributed by atoms with Gasteiger partial charge in [-0.15, -0.1) is 0 Å². The third-order valence-electron chi connectivity index (χ3n) is 4.56. The second-order valence-electron chi connectivity index (χ2n) is 6.75. The van der Waals surface area contributed by atoms with Crippen LogP contribution in [0.25, 0.3) is 0 Å². The highest BCUT2D eigenvalue weighted by molar-refractivity contribution is 5.94. The van der Waals surface area contributed by atoms with E-state index in [1.54, 1.807) is 17.0 Å². The molecule has 7 heteroatoms. The molecule has 2 amide bonds. The van der Waals surface area contributed by atoms with Crippen LogP contribution in [0, 0.1) is 0 Å². The van der Waals surface area contributed by atoms with E-state index in [2.05, 4.69) is 5.32 Å². The Balaban J connectivity index is 1.49. The minimum absolute atomic E-state index is 0.103. The number of benzene rings is 2. The monoisotopic (exact) mass is 384 g/mol. The summed E-state index contributed by atoms with van der Waals surface area (Å²) in [7, 11) is 0. The molecule has 2 N–H and O–H groups in total. The van der Waals surface area contributed by atoms with Crippen LogP contribution in [0.2, 0.25) is 0 Å². The second-order valence-corrected chi connectivity index (χ2v) is 6.75. The lowest BCUT2D eigenvalue weighted by molar-refractivity contribution is -0.0524. The molecule has 1 heterocycles. The molecule has 1 aliphatic heterocycles. The van der Waals surface area contributed by atoms with Crippen LogP contribution < -0.4 is 5.32 Å². The molecule has 2 atom stereocenters. The molecule has 2 aromatic rings. The minimum atomic E-state index is -0.394. The Morgan fingerprint density at radius 1 is 1.18 bits per heavy atom. The first-order valence-electron chi connectivity index (χ1n) is 9.19. The standard InChI is InChI=1S/C21H24N2O5/c1-15-13-27-19(11-22-20(25)17-7-9-18(24)10-8-17)12-23(15)21(26)28-14-16-5-3-2-4-6-16/h2-10,15,19,24H,11-14H2,1H3,(H,22,25)/t15?,19-/m1/s1. The van der Waals surface area contributed by atoms with Crippen molar-refractivity contribution in [1.29, 1.82) is 0 Å². The van der Waals surface area contributed by atoms with Crippen molar-refractivity contribution in [2.24, 2.45) is 0 Å². The van der Waals surface area contributed by atoms with Gasteiger partial charge < -0.3 is 24.8 Å². The SMILES string of the molecule is CC1CO[C@H](CNC(=O)c2ccc(O)cc2)CN1C(=O)OCc1ccccc1. The zero-order valence-electron chi connectivity index (χ0n) is 15.7. The fraction of sp³-hybridized carbons (Fsp3) is 0.333. The van der Waals surface area contributed by atoms with E-state index < -0.39 is 6.09 Å². The van der Waals surface area contributed by atoms with E-state index in [9.17, 15) is 14.7 Å². The molecule has 28 heavy (non-hydrogen) atoms. The summed E-state index contributed by atoms with van der Waals surface area (Å²) in [5.41, 5.74) is 1.37. The number of rotatable bonds is 5. The maximum atomic E-state index is 12.5. The number of amides is 2. The van der Waals surface area contributed by atoms with E-state index in [-0.39, 0.29) is 37.0 Å². The number of aromatic hydroxyl groups is 1. The largest absolute Gasteiger partial charge is 0.508 e. The van der Waals surface area contributed by atoms with Gasteiger partial charge in [-0.25, -0.2) is 4.79 Å². The van der Waals surface area contributed by atoms with Crippen LogP contribution in [0.5, 0.6) is 5.75 Å². The van der Waals surface area contributed by atoms with E-state index in [1.807, 2.05) is 37.3 Å². The third-order valence-corrected chi connectivity index (χ3v) is 4.56. The molecule has 1 unspecified atom stereocenters. The van der Waals surface area contributed by atoms with Crippen molar-refractivity contribution in [3.8, 4) is 5.75 Å². The normalized spacial score (nSPS) is 19.1. The zero-order valence-corrected chi connectivity index (χ0v) is 15.7. The zero-order chi connectivity index (χ0) is 19.9. The molecule has 2 aromatic carbocycles. The van der Waals surface area contributed by atoms with Crippen molar-refractivity contribution in [3.63, 3.8) is 0 Å². The van der Waals surface area contributed by atoms with E-state index in [1.165, 1.54) is 12.1 Å². The summed E-state index contributed by atoms with van der Waals surface area (Å²) < 4.78 is 11.1. The number of phenols is 1. The highest BCUT2D eigenvalue weighted by atomic mass is 16.6. The molecule has 1 fully saturated rings. The third kappa shape index (κ3) is 5.23. The Kier molecular flexibility index (Phi) is 6.49. The molecule has 0 aliphatic carbocycles. The summed E-state index contributed by atoms with van der Waals surface area (Å²) in [6.45, 7) is 3.10. The summed E-state index contributed by atoms with van der Waals surface area (Å²) >= 11 is 0. The Hall–Kier alpha value is -3.06. The summed E-state index contributed by atoms with van der Waals surface area (Å²) in [4.78, 5) is 26.3. The van der Waals surface area contributed by atoms with Crippen LogP contribution in [-0.2, 0) is 16.1 Å². The van der Waals surface area contributed by atoms with Crippen molar-refractivity contribution in [2.75, 3.05) is 19.7 Å². The molecular weight excluding hydrogens is 360 g/mol.